The van der Waals surface area contributed by atoms with E-state index in [1.807, 2.05) is 19.1 Å². The van der Waals surface area contributed by atoms with Gasteiger partial charge in [-0.05, 0) is 54.7 Å². The Kier molecular flexibility index (Phi) is 6.60. The second-order valence-electron chi connectivity index (χ2n) is 6.07. The summed E-state index contributed by atoms with van der Waals surface area (Å²) in [4.78, 5) is 11.9. The number of aromatic hydroxyl groups is 1. The minimum atomic E-state index is -0.605. The van der Waals surface area contributed by atoms with E-state index < -0.39 is 6.10 Å². The quantitative estimate of drug-likeness (QED) is 0.457. The fourth-order valence-electron chi connectivity index (χ4n) is 2.49. The number of anilines is 2. The van der Waals surface area contributed by atoms with Crippen molar-refractivity contribution in [2.75, 3.05) is 11.1 Å². The smallest absolute Gasteiger partial charge is 0.248 e. The number of para-hydroxylation sites is 2. The molecule has 0 aliphatic rings. The van der Waals surface area contributed by atoms with Gasteiger partial charge in [0.15, 0.2) is 0 Å². The van der Waals surface area contributed by atoms with Gasteiger partial charge in [0.25, 0.3) is 0 Å². The van der Waals surface area contributed by atoms with Crippen LogP contribution in [0.1, 0.15) is 31.4 Å². The van der Waals surface area contributed by atoms with E-state index in [9.17, 15) is 15.0 Å². The average Bonchev–Trinajstić information content (AvgIpc) is 2.60. The summed E-state index contributed by atoms with van der Waals surface area (Å²) in [5.74, 6) is -0.0248. The zero-order valence-electron chi connectivity index (χ0n) is 14.2. The molecule has 0 fully saturated rings. The third kappa shape index (κ3) is 5.65. The molecule has 2 aromatic rings. The molecule has 0 spiro atoms. The molecule has 2 atom stereocenters. The second kappa shape index (κ2) is 8.89. The first-order valence-corrected chi connectivity index (χ1v) is 8.26. The van der Waals surface area contributed by atoms with Gasteiger partial charge in [0, 0.05) is 0 Å². The van der Waals surface area contributed by atoms with Gasteiger partial charge in [-0.1, -0.05) is 37.3 Å². The van der Waals surface area contributed by atoms with Gasteiger partial charge < -0.3 is 21.3 Å². The van der Waals surface area contributed by atoms with Crippen molar-refractivity contribution in [1.82, 2.24) is 0 Å². The monoisotopic (exact) mass is 340 g/mol. The van der Waals surface area contributed by atoms with Crippen LogP contribution in [0.25, 0.3) is 0 Å². The summed E-state index contributed by atoms with van der Waals surface area (Å²) in [6.45, 7) is 1.95. The molecule has 0 saturated heterocycles. The molecule has 0 aromatic heterocycles. The van der Waals surface area contributed by atoms with Crippen LogP contribution < -0.4 is 11.1 Å². The predicted molar refractivity (Wildman–Crippen MR) is 100 cm³/mol. The molecule has 5 nitrogen and oxygen atoms in total. The van der Waals surface area contributed by atoms with Crippen LogP contribution in [0.5, 0.6) is 5.75 Å². The van der Waals surface area contributed by atoms with E-state index in [2.05, 4.69) is 5.32 Å². The molecule has 0 aliphatic carbocycles. The molecule has 2 rings (SSSR count). The summed E-state index contributed by atoms with van der Waals surface area (Å²) >= 11 is 0. The minimum absolute atomic E-state index is 0.0296. The molecule has 0 aliphatic heterocycles. The summed E-state index contributed by atoms with van der Waals surface area (Å²) in [5.41, 5.74) is 7.66. The lowest BCUT2D eigenvalue weighted by atomic mass is 9.93. The van der Waals surface area contributed by atoms with E-state index >= 15 is 0 Å². The molecule has 2 aromatic carbocycles. The summed E-state index contributed by atoms with van der Waals surface area (Å²) < 4.78 is 0. The first-order chi connectivity index (χ1) is 12.0. The van der Waals surface area contributed by atoms with Crippen molar-refractivity contribution in [1.29, 1.82) is 0 Å². The van der Waals surface area contributed by atoms with Gasteiger partial charge in [-0.15, -0.1) is 0 Å². The van der Waals surface area contributed by atoms with Gasteiger partial charge >= 0.3 is 0 Å². The largest absolute Gasteiger partial charge is 0.508 e. The topological polar surface area (TPSA) is 95.6 Å². The summed E-state index contributed by atoms with van der Waals surface area (Å²) in [6, 6.07) is 13.6. The van der Waals surface area contributed by atoms with Gasteiger partial charge in [0.05, 0.1) is 17.5 Å². The van der Waals surface area contributed by atoms with E-state index in [0.717, 1.165) is 12.0 Å². The van der Waals surface area contributed by atoms with Gasteiger partial charge in [-0.2, -0.15) is 0 Å². The van der Waals surface area contributed by atoms with Crippen LogP contribution in [0.2, 0.25) is 0 Å². The Morgan fingerprint density at radius 2 is 1.88 bits per heavy atom. The lowest BCUT2D eigenvalue weighted by Crippen LogP contribution is -2.10. The van der Waals surface area contributed by atoms with Crippen LogP contribution in [-0.2, 0) is 4.79 Å². The maximum absolute atomic E-state index is 11.9. The van der Waals surface area contributed by atoms with Gasteiger partial charge in [-0.3, -0.25) is 4.79 Å². The van der Waals surface area contributed by atoms with Crippen LogP contribution in [0.3, 0.4) is 0 Å². The molecule has 0 unspecified atom stereocenters. The van der Waals surface area contributed by atoms with Crippen molar-refractivity contribution in [2.45, 2.75) is 25.9 Å². The van der Waals surface area contributed by atoms with Gasteiger partial charge in [-0.25, -0.2) is 0 Å². The highest BCUT2D eigenvalue weighted by atomic mass is 16.3. The van der Waals surface area contributed by atoms with Crippen LogP contribution in [0.15, 0.2) is 60.7 Å². The normalized spacial score (nSPS) is 13.5. The molecule has 1 amide bonds. The van der Waals surface area contributed by atoms with E-state index in [1.165, 1.54) is 6.08 Å². The highest BCUT2D eigenvalue weighted by molar-refractivity contribution is 6.01. The van der Waals surface area contributed by atoms with Crippen molar-refractivity contribution >= 4 is 17.3 Å². The molecular weight excluding hydrogens is 316 g/mol. The fraction of sp³-hybridized carbons (Fsp3) is 0.250. The Labute approximate surface area is 147 Å². The number of phenolic OH excluding ortho intramolecular Hbond substituents is 1. The molecule has 0 radical (unpaired) electrons. The number of benzene rings is 2. The molecule has 5 N–H and O–H groups in total. The number of carbonyl (C=O) groups is 1. The van der Waals surface area contributed by atoms with Crippen LogP contribution in [0.4, 0.5) is 11.4 Å². The summed E-state index contributed by atoms with van der Waals surface area (Å²) in [5, 5.41) is 22.3. The molecule has 0 bridgehead atoms. The van der Waals surface area contributed by atoms with Crippen molar-refractivity contribution < 1.29 is 15.0 Å². The Hall–Kier alpha value is -2.79. The average molecular weight is 340 g/mol. The molecular formula is C20H24N2O3. The Bertz CT molecular complexity index is 726. The van der Waals surface area contributed by atoms with E-state index in [1.54, 1.807) is 42.5 Å². The molecule has 0 heterocycles. The van der Waals surface area contributed by atoms with Crippen LogP contribution in [-0.4, -0.2) is 16.1 Å². The van der Waals surface area contributed by atoms with Gasteiger partial charge in [0.1, 0.15) is 5.75 Å². The van der Waals surface area contributed by atoms with E-state index in [0.29, 0.717) is 17.8 Å². The highest BCUT2D eigenvalue weighted by Gasteiger charge is 2.15. The zero-order chi connectivity index (χ0) is 18.2. The summed E-state index contributed by atoms with van der Waals surface area (Å²) in [7, 11) is 0. The number of hydrogen-bond acceptors (Lipinski definition) is 4. The Morgan fingerprint density at radius 1 is 1.20 bits per heavy atom. The lowest BCUT2D eigenvalue weighted by Gasteiger charge is -2.18. The highest BCUT2D eigenvalue weighted by Crippen LogP contribution is 2.26. The number of nitrogens with two attached hydrogens (primary N) is 1. The third-order valence-electron chi connectivity index (χ3n) is 4.05. The zero-order valence-corrected chi connectivity index (χ0v) is 14.2. The standard InChI is InChI=1S/C20H24N2O3/c1-14(20(25)15-10-12-16(23)13-11-15)6-2-5-9-19(24)22-18-8-4-3-7-17(18)21/h3-5,7-14,20,23,25H,2,6,21H2,1H3,(H,22,24)/b9-5+/t14-,20-/m1/s1. The van der Waals surface area contributed by atoms with Crippen molar-refractivity contribution in [3.05, 3.63) is 66.2 Å². The number of nitrogen functional groups attached to an aromatic ring is 1. The Balaban J connectivity index is 1.79. The number of amides is 1. The predicted octanol–water partition coefficient (Wildman–Crippen LogP) is 3.62. The molecule has 0 saturated carbocycles. The second-order valence-corrected chi connectivity index (χ2v) is 6.07. The van der Waals surface area contributed by atoms with Crippen molar-refractivity contribution in [3.8, 4) is 5.75 Å². The Morgan fingerprint density at radius 3 is 2.56 bits per heavy atom. The molecule has 25 heavy (non-hydrogen) atoms. The number of carbonyl (C=O) groups excluding carboxylic acids is 1. The number of aliphatic hydroxyl groups is 1. The summed E-state index contributed by atoms with van der Waals surface area (Å²) in [6.07, 6.45) is 4.07. The molecule has 5 heteroatoms. The van der Waals surface area contributed by atoms with Gasteiger partial charge in [0.2, 0.25) is 5.91 Å². The minimum Gasteiger partial charge on any atom is -0.508 e. The van der Waals surface area contributed by atoms with Crippen LogP contribution in [0, 0.1) is 5.92 Å². The molecule has 132 valence electrons. The van der Waals surface area contributed by atoms with Crippen molar-refractivity contribution in [3.63, 3.8) is 0 Å². The first kappa shape index (κ1) is 18.5. The number of hydrogen-bond donors (Lipinski definition) is 4. The third-order valence-corrected chi connectivity index (χ3v) is 4.05. The maximum atomic E-state index is 11.9. The number of aliphatic hydroxyl groups excluding tert-OH is 1. The number of rotatable bonds is 7. The number of nitrogens with one attached hydrogen (secondary N) is 1. The van der Waals surface area contributed by atoms with Crippen molar-refractivity contribution in [2.24, 2.45) is 5.92 Å². The lowest BCUT2D eigenvalue weighted by molar-refractivity contribution is -0.111. The van der Waals surface area contributed by atoms with E-state index in [-0.39, 0.29) is 17.6 Å². The SMILES string of the molecule is C[C@H](CC/C=C/C(=O)Nc1ccccc1N)[C@@H](O)c1ccc(O)cc1. The number of phenols is 1. The first-order valence-electron chi connectivity index (χ1n) is 8.26. The van der Waals surface area contributed by atoms with E-state index in [4.69, 9.17) is 5.73 Å². The fourth-order valence-corrected chi connectivity index (χ4v) is 2.49. The number of allylic oxidation sites excluding steroid dienone is 1. The maximum Gasteiger partial charge on any atom is 0.248 e. The van der Waals surface area contributed by atoms with Crippen LogP contribution >= 0.6 is 0 Å².